The lowest BCUT2D eigenvalue weighted by molar-refractivity contribution is 0.0846. The number of hydrazine groups is 1. The predicted molar refractivity (Wildman–Crippen MR) is 98.9 cm³/mol. The van der Waals surface area contributed by atoms with Gasteiger partial charge in [-0.25, -0.2) is 4.68 Å². The van der Waals surface area contributed by atoms with Gasteiger partial charge in [-0.2, -0.15) is 5.10 Å². The highest BCUT2D eigenvalue weighted by atomic mass is 35.5. The summed E-state index contributed by atoms with van der Waals surface area (Å²) in [5.41, 5.74) is 6.93. The standard InChI is InChI=1S/C19H17ClN4O2/c1-13-16(17(20)24(23-13)12-14-8-4-2-5-9-14)19(26)22-21-18(25)15-10-6-3-7-11-15/h2-11H,12H2,1H3,(H,21,25)(H,22,26). The second-order valence-electron chi connectivity index (χ2n) is 5.67. The van der Waals surface area contributed by atoms with Gasteiger partial charge in [-0.05, 0) is 24.6 Å². The van der Waals surface area contributed by atoms with Crippen molar-refractivity contribution >= 4 is 23.4 Å². The first-order valence-electron chi connectivity index (χ1n) is 7.99. The molecule has 2 amide bonds. The maximum absolute atomic E-state index is 12.4. The first kappa shape index (κ1) is 17.7. The van der Waals surface area contributed by atoms with E-state index in [4.69, 9.17) is 11.6 Å². The molecule has 3 aromatic rings. The maximum Gasteiger partial charge on any atom is 0.274 e. The first-order chi connectivity index (χ1) is 12.6. The Morgan fingerprint density at radius 2 is 1.54 bits per heavy atom. The number of rotatable bonds is 4. The van der Waals surface area contributed by atoms with E-state index in [1.54, 1.807) is 41.9 Å². The molecule has 0 unspecified atom stereocenters. The van der Waals surface area contributed by atoms with Crippen LogP contribution in [0.5, 0.6) is 0 Å². The highest BCUT2D eigenvalue weighted by Crippen LogP contribution is 2.20. The van der Waals surface area contributed by atoms with Crippen molar-refractivity contribution < 1.29 is 9.59 Å². The Balaban J connectivity index is 1.70. The summed E-state index contributed by atoms with van der Waals surface area (Å²) < 4.78 is 1.56. The molecule has 0 fully saturated rings. The molecule has 3 rings (SSSR count). The monoisotopic (exact) mass is 368 g/mol. The lowest BCUT2D eigenvalue weighted by atomic mass is 10.2. The Hall–Kier alpha value is -3.12. The summed E-state index contributed by atoms with van der Waals surface area (Å²) in [5.74, 6) is -0.930. The molecule has 26 heavy (non-hydrogen) atoms. The van der Waals surface area contributed by atoms with Crippen molar-refractivity contribution in [2.75, 3.05) is 0 Å². The third kappa shape index (κ3) is 3.92. The largest absolute Gasteiger partial charge is 0.274 e. The van der Waals surface area contributed by atoms with Crippen LogP contribution in [0, 0.1) is 6.92 Å². The minimum Gasteiger partial charge on any atom is -0.267 e. The second kappa shape index (κ2) is 7.84. The van der Waals surface area contributed by atoms with Gasteiger partial charge in [0.2, 0.25) is 0 Å². The van der Waals surface area contributed by atoms with Gasteiger partial charge in [0, 0.05) is 5.56 Å². The number of nitrogens with one attached hydrogen (secondary N) is 2. The molecular formula is C19H17ClN4O2. The van der Waals surface area contributed by atoms with Crippen molar-refractivity contribution in [1.29, 1.82) is 0 Å². The van der Waals surface area contributed by atoms with E-state index in [0.29, 0.717) is 17.8 Å². The van der Waals surface area contributed by atoms with Crippen LogP contribution in [0.15, 0.2) is 60.7 Å². The average Bonchev–Trinajstić information content (AvgIpc) is 2.94. The van der Waals surface area contributed by atoms with Crippen molar-refractivity contribution in [2.45, 2.75) is 13.5 Å². The molecule has 0 atom stereocenters. The SMILES string of the molecule is Cc1nn(Cc2ccccc2)c(Cl)c1C(=O)NNC(=O)c1ccccc1. The fraction of sp³-hybridized carbons (Fsp3) is 0.105. The summed E-state index contributed by atoms with van der Waals surface area (Å²) >= 11 is 6.33. The van der Waals surface area contributed by atoms with Gasteiger partial charge in [-0.15, -0.1) is 0 Å². The Morgan fingerprint density at radius 1 is 0.962 bits per heavy atom. The number of carbonyl (C=O) groups is 2. The van der Waals surface area contributed by atoms with Gasteiger partial charge in [-0.3, -0.25) is 20.4 Å². The summed E-state index contributed by atoms with van der Waals surface area (Å²) in [7, 11) is 0. The van der Waals surface area contributed by atoms with Crippen LogP contribution in [0.2, 0.25) is 5.15 Å². The Labute approximate surface area is 155 Å². The number of nitrogens with zero attached hydrogens (tertiary/aromatic N) is 2. The van der Waals surface area contributed by atoms with Crippen molar-refractivity contribution in [3.63, 3.8) is 0 Å². The molecule has 0 aliphatic rings. The minimum absolute atomic E-state index is 0.220. The van der Waals surface area contributed by atoms with Gasteiger partial charge < -0.3 is 0 Å². The Bertz CT molecular complexity index is 923. The molecular weight excluding hydrogens is 352 g/mol. The molecule has 0 spiro atoms. The smallest absolute Gasteiger partial charge is 0.267 e. The van der Waals surface area contributed by atoms with Crippen LogP contribution in [0.3, 0.4) is 0 Å². The molecule has 7 heteroatoms. The fourth-order valence-corrected chi connectivity index (χ4v) is 2.83. The van der Waals surface area contributed by atoms with E-state index in [0.717, 1.165) is 5.56 Å². The highest BCUT2D eigenvalue weighted by Gasteiger charge is 2.21. The molecule has 1 heterocycles. The topological polar surface area (TPSA) is 76.0 Å². The van der Waals surface area contributed by atoms with E-state index in [2.05, 4.69) is 16.0 Å². The predicted octanol–water partition coefficient (Wildman–Crippen LogP) is 2.97. The van der Waals surface area contributed by atoms with Gasteiger partial charge in [-0.1, -0.05) is 60.1 Å². The maximum atomic E-state index is 12.4. The average molecular weight is 369 g/mol. The van der Waals surface area contributed by atoms with Crippen LogP contribution < -0.4 is 10.9 Å². The molecule has 1 aromatic heterocycles. The number of halogens is 1. The molecule has 0 bridgehead atoms. The third-order valence-electron chi connectivity index (χ3n) is 3.79. The fourth-order valence-electron chi connectivity index (χ4n) is 2.51. The zero-order chi connectivity index (χ0) is 18.5. The zero-order valence-corrected chi connectivity index (χ0v) is 14.8. The van der Waals surface area contributed by atoms with E-state index < -0.39 is 11.8 Å². The number of amides is 2. The van der Waals surface area contributed by atoms with Crippen molar-refractivity contribution in [1.82, 2.24) is 20.6 Å². The molecule has 2 aromatic carbocycles. The van der Waals surface area contributed by atoms with Crippen LogP contribution in [0.1, 0.15) is 32.0 Å². The lowest BCUT2D eigenvalue weighted by Gasteiger charge is -2.07. The number of benzene rings is 2. The van der Waals surface area contributed by atoms with Crippen LogP contribution in [-0.2, 0) is 6.54 Å². The molecule has 0 aliphatic heterocycles. The molecule has 0 radical (unpaired) electrons. The van der Waals surface area contributed by atoms with Gasteiger partial charge >= 0.3 is 0 Å². The number of carbonyl (C=O) groups excluding carboxylic acids is 2. The number of aryl methyl sites for hydroxylation is 1. The number of hydrogen-bond acceptors (Lipinski definition) is 3. The van der Waals surface area contributed by atoms with Crippen LogP contribution in [0.25, 0.3) is 0 Å². The van der Waals surface area contributed by atoms with E-state index in [-0.39, 0.29) is 10.7 Å². The summed E-state index contributed by atoms with van der Waals surface area (Å²) in [6, 6.07) is 18.3. The molecule has 0 saturated carbocycles. The number of hydrogen-bond donors (Lipinski definition) is 2. The molecule has 0 saturated heterocycles. The second-order valence-corrected chi connectivity index (χ2v) is 6.03. The van der Waals surface area contributed by atoms with Crippen molar-refractivity contribution in [3.05, 3.63) is 88.2 Å². The summed E-state index contributed by atoms with van der Waals surface area (Å²) in [6.07, 6.45) is 0. The zero-order valence-electron chi connectivity index (χ0n) is 14.1. The normalized spacial score (nSPS) is 10.4. The van der Waals surface area contributed by atoms with Gasteiger partial charge in [0.15, 0.2) is 0 Å². The molecule has 2 N–H and O–H groups in total. The molecule has 6 nitrogen and oxygen atoms in total. The first-order valence-corrected chi connectivity index (χ1v) is 8.36. The quantitative estimate of drug-likeness (QED) is 0.695. The lowest BCUT2D eigenvalue weighted by Crippen LogP contribution is -2.41. The highest BCUT2D eigenvalue weighted by molar-refractivity contribution is 6.33. The molecule has 0 aliphatic carbocycles. The Morgan fingerprint density at radius 3 is 2.19 bits per heavy atom. The minimum atomic E-state index is -0.518. The Kier molecular flexibility index (Phi) is 5.34. The van der Waals surface area contributed by atoms with Crippen LogP contribution in [-0.4, -0.2) is 21.6 Å². The van der Waals surface area contributed by atoms with E-state index in [9.17, 15) is 9.59 Å². The summed E-state index contributed by atoms with van der Waals surface area (Å²) in [5, 5.41) is 4.54. The third-order valence-corrected chi connectivity index (χ3v) is 4.18. The summed E-state index contributed by atoms with van der Waals surface area (Å²) in [4.78, 5) is 24.4. The summed E-state index contributed by atoms with van der Waals surface area (Å²) in [6.45, 7) is 2.14. The van der Waals surface area contributed by atoms with E-state index in [1.807, 2.05) is 30.3 Å². The van der Waals surface area contributed by atoms with Gasteiger partial charge in [0.05, 0.1) is 12.2 Å². The van der Waals surface area contributed by atoms with Gasteiger partial charge in [0.1, 0.15) is 10.7 Å². The van der Waals surface area contributed by atoms with Crippen LogP contribution >= 0.6 is 11.6 Å². The van der Waals surface area contributed by atoms with Crippen molar-refractivity contribution in [3.8, 4) is 0 Å². The van der Waals surface area contributed by atoms with Gasteiger partial charge in [0.25, 0.3) is 11.8 Å². The number of aromatic nitrogens is 2. The van der Waals surface area contributed by atoms with E-state index in [1.165, 1.54) is 0 Å². The molecule has 132 valence electrons. The van der Waals surface area contributed by atoms with Crippen molar-refractivity contribution in [2.24, 2.45) is 0 Å². The van der Waals surface area contributed by atoms with E-state index >= 15 is 0 Å². The van der Waals surface area contributed by atoms with Crippen LogP contribution in [0.4, 0.5) is 0 Å².